The van der Waals surface area contributed by atoms with Crippen molar-refractivity contribution >= 4 is 11.6 Å². The summed E-state index contributed by atoms with van der Waals surface area (Å²) in [5.74, 6) is 0.173. The fourth-order valence-electron chi connectivity index (χ4n) is 2.47. The summed E-state index contributed by atoms with van der Waals surface area (Å²) in [5.41, 5.74) is 4.16. The van der Waals surface area contributed by atoms with Crippen LogP contribution in [0.25, 0.3) is 0 Å². The van der Waals surface area contributed by atoms with Gasteiger partial charge in [-0.1, -0.05) is 12.1 Å². The second kappa shape index (κ2) is 5.89. The van der Waals surface area contributed by atoms with Gasteiger partial charge in [0, 0.05) is 32.7 Å². The number of nitrogens with one attached hydrogen (secondary N) is 1. The normalized spacial score (nSPS) is 13.9. The van der Waals surface area contributed by atoms with Crippen molar-refractivity contribution in [3.63, 3.8) is 0 Å². The molecule has 0 saturated heterocycles. The average molecular weight is 246 g/mol. The topological polar surface area (TPSA) is 32.3 Å². The van der Waals surface area contributed by atoms with E-state index in [0.29, 0.717) is 13.0 Å². The number of hydrogen-bond acceptors (Lipinski definition) is 2. The molecule has 2 rings (SSSR count). The molecule has 0 bridgehead atoms. The van der Waals surface area contributed by atoms with Gasteiger partial charge in [0.1, 0.15) is 0 Å². The zero-order chi connectivity index (χ0) is 13.0. The lowest BCUT2D eigenvalue weighted by atomic mass is 9.90. The Hall–Kier alpha value is -1.51. The maximum absolute atomic E-state index is 11.5. The second-order valence-electron chi connectivity index (χ2n) is 5.12. The van der Waals surface area contributed by atoms with E-state index in [1.165, 1.54) is 42.5 Å². The minimum Gasteiger partial charge on any atom is -0.384 e. The van der Waals surface area contributed by atoms with Crippen LogP contribution in [0.1, 0.15) is 30.4 Å². The summed E-state index contributed by atoms with van der Waals surface area (Å²) in [4.78, 5) is 13.1. The number of fused-ring (bicyclic) bond motifs is 1. The summed E-state index contributed by atoms with van der Waals surface area (Å²) in [6, 6.07) is 6.47. The van der Waals surface area contributed by atoms with E-state index in [4.69, 9.17) is 0 Å². The molecule has 1 aliphatic rings. The summed E-state index contributed by atoms with van der Waals surface area (Å²) in [6.45, 7) is 0.716. The predicted octanol–water partition coefficient (Wildman–Crippen LogP) is 2.46. The van der Waals surface area contributed by atoms with E-state index in [-0.39, 0.29) is 5.91 Å². The Morgan fingerprint density at radius 1 is 1.28 bits per heavy atom. The first-order chi connectivity index (χ1) is 8.68. The van der Waals surface area contributed by atoms with Crippen LogP contribution < -0.4 is 5.32 Å². The molecule has 98 valence electrons. The van der Waals surface area contributed by atoms with Crippen LogP contribution in [0.2, 0.25) is 0 Å². The first-order valence-corrected chi connectivity index (χ1v) is 6.73. The van der Waals surface area contributed by atoms with Crippen LogP contribution in [0, 0.1) is 0 Å². The highest BCUT2D eigenvalue weighted by Crippen LogP contribution is 2.27. The molecule has 0 radical (unpaired) electrons. The number of rotatable bonds is 4. The molecule has 3 nitrogen and oxygen atoms in total. The monoisotopic (exact) mass is 246 g/mol. The van der Waals surface area contributed by atoms with Crippen LogP contribution in [0.5, 0.6) is 0 Å². The summed E-state index contributed by atoms with van der Waals surface area (Å²) in [6.07, 6.45) is 5.50. The molecule has 3 heteroatoms. The quantitative estimate of drug-likeness (QED) is 0.885. The minimum absolute atomic E-state index is 0.173. The molecule has 1 aromatic carbocycles. The highest BCUT2D eigenvalue weighted by atomic mass is 16.2. The van der Waals surface area contributed by atoms with Crippen LogP contribution in [0.4, 0.5) is 5.69 Å². The second-order valence-corrected chi connectivity index (χ2v) is 5.12. The van der Waals surface area contributed by atoms with Crippen LogP contribution >= 0.6 is 0 Å². The number of carbonyl (C=O) groups is 1. The Kier molecular flexibility index (Phi) is 4.24. The smallest absolute Gasteiger partial charge is 0.223 e. The number of anilines is 1. The van der Waals surface area contributed by atoms with Gasteiger partial charge in [0.25, 0.3) is 0 Å². The number of carbonyl (C=O) groups excluding carboxylic acids is 1. The molecule has 0 atom stereocenters. The number of hydrogen-bond donors (Lipinski definition) is 1. The molecule has 0 aliphatic heterocycles. The van der Waals surface area contributed by atoms with E-state index in [2.05, 4.69) is 23.5 Å². The summed E-state index contributed by atoms with van der Waals surface area (Å²) < 4.78 is 0. The molecular weight excluding hydrogens is 224 g/mol. The molecule has 1 amide bonds. The average Bonchev–Trinajstić information content (AvgIpc) is 2.38. The minimum atomic E-state index is 0.173. The molecule has 0 aromatic heterocycles. The van der Waals surface area contributed by atoms with Crippen LogP contribution in [-0.2, 0) is 17.6 Å². The molecule has 0 fully saturated rings. The van der Waals surface area contributed by atoms with Crippen molar-refractivity contribution in [3.05, 3.63) is 29.3 Å². The predicted molar refractivity (Wildman–Crippen MR) is 74.9 cm³/mol. The maximum Gasteiger partial charge on any atom is 0.223 e. The lowest BCUT2D eigenvalue weighted by Gasteiger charge is -2.20. The number of benzene rings is 1. The fourth-order valence-corrected chi connectivity index (χ4v) is 2.47. The zero-order valence-corrected chi connectivity index (χ0v) is 11.3. The highest BCUT2D eigenvalue weighted by Gasteiger charge is 2.12. The fraction of sp³-hybridized carbons (Fsp3) is 0.533. The van der Waals surface area contributed by atoms with Gasteiger partial charge in [0.2, 0.25) is 5.91 Å². The standard InChI is InChI=1S/C15H22N2O/c1-17(2)15(18)10-11-16-14-9-5-7-12-6-3-4-8-13(12)14/h5,7,9,16H,3-4,6,8,10-11H2,1-2H3. The van der Waals surface area contributed by atoms with Crippen LogP contribution in [-0.4, -0.2) is 31.4 Å². The molecule has 1 aliphatic carbocycles. The van der Waals surface area contributed by atoms with Gasteiger partial charge in [0.05, 0.1) is 0 Å². The Morgan fingerprint density at radius 3 is 2.83 bits per heavy atom. The van der Waals surface area contributed by atoms with Crippen LogP contribution in [0.15, 0.2) is 18.2 Å². The van der Waals surface area contributed by atoms with E-state index in [1.807, 2.05) is 0 Å². The summed E-state index contributed by atoms with van der Waals surface area (Å²) >= 11 is 0. The van der Waals surface area contributed by atoms with E-state index in [0.717, 1.165) is 0 Å². The third-order valence-corrected chi connectivity index (χ3v) is 3.55. The van der Waals surface area contributed by atoms with E-state index in [9.17, 15) is 4.79 Å². The van der Waals surface area contributed by atoms with Crippen molar-refractivity contribution in [3.8, 4) is 0 Å². The summed E-state index contributed by atoms with van der Waals surface area (Å²) in [5, 5.41) is 3.41. The molecule has 0 unspecified atom stereocenters. The third-order valence-electron chi connectivity index (χ3n) is 3.55. The highest BCUT2D eigenvalue weighted by molar-refractivity contribution is 5.76. The van der Waals surface area contributed by atoms with Gasteiger partial charge >= 0.3 is 0 Å². The largest absolute Gasteiger partial charge is 0.384 e. The number of amides is 1. The van der Waals surface area contributed by atoms with Gasteiger partial charge in [0.15, 0.2) is 0 Å². The van der Waals surface area contributed by atoms with Crippen molar-refractivity contribution in [1.82, 2.24) is 4.90 Å². The van der Waals surface area contributed by atoms with Gasteiger partial charge in [-0.15, -0.1) is 0 Å². The Morgan fingerprint density at radius 2 is 2.06 bits per heavy atom. The maximum atomic E-state index is 11.5. The van der Waals surface area contributed by atoms with E-state index >= 15 is 0 Å². The van der Waals surface area contributed by atoms with Crippen molar-refractivity contribution < 1.29 is 4.79 Å². The summed E-state index contributed by atoms with van der Waals surface area (Å²) in [7, 11) is 3.60. The van der Waals surface area contributed by atoms with Gasteiger partial charge in [-0.05, 0) is 42.9 Å². The Labute approximate surface area is 109 Å². The lowest BCUT2D eigenvalue weighted by Crippen LogP contribution is -2.24. The Bertz CT molecular complexity index is 427. The SMILES string of the molecule is CN(C)C(=O)CCNc1cccc2c1CCCC2. The van der Waals surface area contributed by atoms with Crippen molar-refractivity contribution in [2.75, 3.05) is 26.0 Å². The van der Waals surface area contributed by atoms with Crippen molar-refractivity contribution in [1.29, 1.82) is 0 Å². The van der Waals surface area contributed by atoms with Gasteiger partial charge in [-0.3, -0.25) is 4.79 Å². The molecule has 1 N–H and O–H groups in total. The molecule has 0 heterocycles. The zero-order valence-electron chi connectivity index (χ0n) is 11.3. The molecule has 0 saturated carbocycles. The number of nitrogens with zero attached hydrogens (tertiary/aromatic N) is 1. The molecule has 1 aromatic rings. The molecule has 18 heavy (non-hydrogen) atoms. The van der Waals surface area contributed by atoms with Gasteiger partial charge in [-0.25, -0.2) is 0 Å². The van der Waals surface area contributed by atoms with E-state index in [1.54, 1.807) is 19.0 Å². The lowest BCUT2D eigenvalue weighted by molar-refractivity contribution is -0.128. The first-order valence-electron chi connectivity index (χ1n) is 6.73. The third kappa shape index (κ3) is 3.03. The first kappa shape index (κ1) is 12.9. The van der Waals surface area contributed by atoms with Crippen LogP contribution in [0.3, 0.4) is 0 Å². The van der Waals surface area contributed by atoms with Gasteiger partial charge < -0.3 is 10.2 Å². The Balaban J connectivity index is 1.95. The van der Waals surface area contributed by atoms with Crippen molar-refractivity contribution in [2.24, 2.45) is 0 Å². The molecule has 0 spiro atoms. The van der Waals surface area contributed by atoms with E-state index < -0.39 is 0 Å². The van der Waals surface area contributed by atoms with Gasteiger partial charge in [-0.2, -0.15) is 0 Å². The molecular formula is C15H22N2O. The van der Waals surface area contributed by atoms with Crippen molar-refractivity contribution in [2.45, 2.75) is 32.1 Å². The number of aryl methyl sites for hydroxylation is 1.